The Balaban J connectivity index is 1.95. The molecule has 0 saturated heterocycles. The van der Waals surface area contributed by atoms with Crippen molar-refractivity contribution in [2.45, 2.75) is 49.5 Å². The second-order valence-electron chi connectivity index (χ2n) is 7.38. The fourth-order valence-electron chi connectivity index (χ4n) is 3.34. The van der Waals surface area contributed by atoms with Gasteiger partial charge in [-0.3, -0.25) is 4.68 Å². The minimum Gasteiger partial charge on any atom is -0.250 e. The topological polar surface area (TPSA) is 30.2 Å². The summed E-state index contributed by atoms with van der Waals surface area (Å²) in [5.41, 5.74) is 5.28. The van der Waals surface area contributed by atoms with E-state index in [2.05, 4.69) is 61.1 Å². The number of benzene rings is 1. The Morgan fingerprint density at radius 3 is 2.75 bits per heavy atom. The molecule has 3 nitrogen and oxygen atoms in total. The molecule has 2 aliphatic rings. The van der Waals surface area contributed by atoms with Crippen LogP contribution in [-0.4, -0.2) is 20.7 Å². The van der Waals surface area contributed by atoms with Crippen LogP contribution in [0.3, 0.4) is 0 Å². The van der Waals surface area contributed by atoms with E-state index in [-0.39, 0.29) is 10.00 Å². The van der Waals surface area contributed by atoms with Crippen LogP contribution in [0, 0.1) is 6.92 Å². The standard InChI is InChI=1S/C19H22BrN3S/c1-11-5-8-13(20)9-14(11)17-15-16(12-6-7-12)22-23(4)18(15)21-10-19(2,3)24-17/h5,8-10,12,17H,6-7H2,1-4H3. The molecule has 1 aliphatic heterocycles. The number of fused-ring (bicyclic) bond motifs is 1. The fraction of sp³-hybridized carbons (Fsp3) is 0.474. The monoisotopic (exact) mass is 403 g/mol. The molecule has 1 aromatic carbocycles. The van der Waals surface area contributed by atoms with Gasteiger partial charge >= 0.3 is 0 Å². The van der Waals surface area contributed by atoms with Crippen LogP contribution in [0.1, 0.15) is 60.2 Å². The summed E-state index contributed by atoms with van der Waals surface area (Å²) in [6.45, 7) is 6.70. The second kappa shape index (κ2) is 5.73. The van der Waals surface area contributed by atoms with Gasteiger partial charge in [-0.25, -0.2) is 4.99 Å². The average Bonchev–Trinajstić information content (AvgIpc) is 3.31. The molecule has 4 rings (SSSR count). The lowest BCUT2D eigenvalue weighted by Gasteiger charge is -2.26. The van der Waals surface area contributed by atoms with E-state index in [0.29, 0.717) is 5.92 Å². The van der Waals surface area contributed by atoms with Gasteiger partial charge in [0.1, 0.15) is 0 Å². The highest BCUT2D eigenvalue weighted by Gasteiger charge is 2.39. The molecule has 5 heteroatoms. The predicted octanol–water partition coefficient (Wildman–Crippen LogP) is 5.69. The maximum absolute atomic E-state index is 4.85. The molecule has 1 aromatic heterocycles. The minimum absolute atomic E-state index is 0.0146. The maximum Gasteiger partial charge on any atom is 0.154 e. The first-order valence-corrected chi connectivity index (χ1v) is 10.1. The quantitative estimate of drug-likeness (QED) is 0.644. The molecule has 0 amide bonds. The predicted molar refractivity (Wildman–Crippen MR) is 106 cm³/mol. The number of aryl methyl sites for hydroxylation is 2. The smallest absolute Gasteiger partial charge is 0.154 e. The van der Waals surface area contributed by atoms with Crippen molar-refractivity contribution in [1.82, 2.24) is 9.78 Å². The van der Waals surface area contributed by atoms with Crippen molar-refractivity contribution < 1.29 is 0 Å². The van der Waals surface area contributed by atoms with E-state index < -0.39 is 0 Å². The Bertz CT molecular complexity index is 833. The minimum atomic E-state index is -0.0146. The van der Waals surface area contributed by atoms with Crippen LogP contribution in [0.2, 0.25) is 0 Å². The summed E-state index contributed by atoms with van der Waals surface area (Å²) < 4.78 is 3.09. The van der Waals surface area contributed by atoms with E-state index in [4.69, 9.17) is 10.1 Å². The molecule has 24 heavy (non-hydrogen) atoms. The molecule has 0 spiro atoms. The lowest BCUT2D eigenvalue weighted by Crippen LogP contribution is -2.18. The van der Waals surface area contributed by atoms with Crippen molar-refractivity contribution in [3.63, 3.8) is 0 Å². The summed E-state index contributed by atoms with van der Waals surface area (Å²) in [5.74, 6) is 1.64. The zero-order valence-electron chi connectivity index (χ0n) is 14.5. The number of halogens is 1. The van der Waals surface area contributed by atoms with E-state index in [1.165, 1.54) is 35.2 Å². The van der Waals surface area contributed by atoms with E-state index in [9.17, 15) is 0 Å². The molecule has 2 heterocycles. The number of hydrogen-bond donors (Lipinski definition) is 0. The van der Waals surface area contributed by atoms with Crippen LogP contribution in [-0.2, 0) is 7.05 Å². The molecule has 1 unspecified atom stereocenters. The van der Waals surface area contributed by atoms with Gasteiger partial charge in [-0.2, -0.15) is 5.10 Å². The molecular weight excluding hydrogens is 382 g/mol. The summed E-state index contributed by atoms with van der Waals surface area (Å²) in [6, 6.07) is 6.58. The molecule has 0 N–H and O–H groups in total. The Hall–Kier alpha value is -1.07. The molecule has 1 atom stereocenters. The van der Waals surface area contributed by atoms with Crippen LogP contribution < -0.4 is 0 Å². The van der Waals surface area contributed by atoms with Crippen molar-refractivity contribution in [3.05, 3.63) is 45.1 Å². The Morgan fingerprint density at radius 1 is 1.29 bits per heavy atom. The largest absolute Gasteiger partial charge is 0.250 e. The Morgan fingerprint density at radius 2 is 2.04 bits per heavy atom. The Labute approximate surface area is 156 Å². The van der Waals surface area contributed by atoms with E-state index in [1.54, 1.807) is 0 Å². The van der Waals surface area contributed by atoms with Crippen LogP contribution in [0.4, 0.5) is 5.82 Å². The van der Waals surface area contributed by atoms with Crippen molar-refractivity contribution in [2.24, 2.45) is 12.0 Å². The zero-order valence-corrected chi connectivity index (χ0v) is 16.9. The van der Waals surface area contributed by atoms with Crippen molar-refractivity contribution >= 4 is 39.7 Å². The van der Waals surface area contributed by atoms with Crippen molar-refractivity contribution in [3.8, 4) is 0 Å². The van der Waals surface area contributed by atoms with Gasteiger partial charge in [0, 0.05) is 34.0 Å². The molecule has 1 fully saturated rings. The van der Waals surface area contributed by atoms with Gasteiger partial charge in [-0.1, -0.05) is 22.0 Å². The lowest BCUT2D eigenvalue weighted by molar-refractivity contribution is 0.746. The summed E-state index contributed by atoms with van der Waals surface area (Å²) in [4.78, 5) is 4.84. The molecule has 1 aliphatic carbocycles. The van der Waals surface area contributed by atoms with Crippen LogP contribution in [0.15, 0.2) is 27.7 Å². The van der Waals surface area contributed by atoms with E-state index >= 15 is 0 Å². The summed E-state index contributed by atoms with van der Waals surface area (Å²) in [7, 11) is 2.02. The average molecular weight is 404 g/mol. The van der Waals surface area contributed by atoms with Gasteiger partial charge in [-0.05, 0) is 56.9 Å². The first-order valence-electron chi connectivity index (χ1n) is 8.41. The van der Waals surface area contributed by atoms with Gasteiger partial charge in [0.15, 0.2) is 5.82 Å². The number of rotatable bonds is 2. The third-order valence-corrected chi connectivity index (χ3v) is 6.68. The summed E-state index contributed by atoms with van der Waals surface area (Å²) >= 11 is 5.63. The van der Waals surface area contributed by atoms with E-state index in [1.807, 2.05) is 23.5 Å². The fourth-order valence-corrected chi connectivity index (χ4v) is 5.16. The number of aliphatic imine (C=N–C) groups is 1. The Kier molecular flexibility index (Phi) is 3.92. The highest BCUT2D eigenvalue weighted by Crippen LogP contribution is 2.54. The SMILES string of the molecule is Cc1ccc(Br)cc1C1SC(C)(C)C=Nc2c1c(C1CC1)nn2C. The zero-order chi connectivity index (χ0) is 17.1. The van der Waals surface area contributed by atoms with Crippen molar-refractivity contribution in [2.75, 3.05) is 0 Å². The normalized spacial score (nSPS) is 22.3. The maximum atomic E-state index is 4.85. The van der Waals surface area contributed by atoms with Gasteiger partial charge < -0.3 is 0 Å². The van der Waals surface area contributed by atoms with Crippen LogP contribution in [0.5, 0.6) is 0 Å². The molecule has 2 aromatic rings. The lowest BCUT2D eigenvalue weighted by atomic mass is 9.98. The number of aromatic nitrogens is 2. The number of nitrogens with zero attached hydrogens (tertiary/aromatic N) is 3. The van der Waals surface area contributed by atoms with Gasteiger partial charge in [0.05, 0.1) is 10.9 Å². The molecule has 1 saturated carbocycles. The first-order chi connectivity index (χ1) is 11.4. The van der Waals surface area contributed by atoms with Gasteiger partial charge in [0.25, 0.3) is 0 Å². The van der Waals surface area contributed by atoms with E-state index in [0.717, 1.165) is 10.3 Å². The van der Waals surface area contributed by atoms with Crippen molar-refractivity contribution in [1.29, 1.82) is 0 Å². The molecule has 126 valence electrons. The first kappa shape index (κ1) is 16.4. The third-order valence-electron chi connectivity index (χ3n) is 4.75. The van der Waals surface area contributed by atoms with Crippen LogP contribution in [0.25, 0.3) is 0 Å². The van der Waals surface area contributed by atoms with Gasteiger partial charge in [-0.15, -0.1) is 11.8 Å². The summed E-state index contributed by atoms with van der Waals surface area (Å²) in [5, 5.41) is 5.11. The number of thioether (sulfide) groups is 1. The molecule has 0 radical (unpaired) electrons. The third kappa shape index (κ3) is 2.86. The van der Waals surface area contributed by atoms with Crippen LogP contribution >= 0.6 is 27.7 Å². The molecular formula is C19H22BrN3S. The highest BCUT2D eigenvalue weighted by atomic mass is 79.9. The second-order valence-corrected chi connectivity index (χ2v) is 10.1. The highest BCUT2D eigenvalue weighted by molar-refractivity contribution is 9.10. The number of hydrogen-bond acceptors (Lipinski definition) is 3. The molecule has 0 bridgehead atoms. The summed E-state index contributed by atoms with van der Waals surface area (Å²) in [6.07, 6.45) is 4.60. The van der Waals surface area contributed by atoms with Gasteiger partial charge in [0.2, 0.25) is 0 Å².